The van der Waals surface area contributed by atoms with E-state index in [1.54, 1.807) is 0 Å². The van der Waals surface area contributed by atoms with E-state index in [0.29, 0.717) is 12.1 Å². The van der Waals surface area contributed by atoms with Gasteiger partial charge >= 0.3 is 35.5 Å². The van der Waals surface area contributed by atoms with Gasteiger partial charge in [-0.2, -0.15) is 8.42 Å². The zero-order valence-electron chi connectivity index (χ0n) is 10.7. The van der Waals surface area contributed by atoms with Gasteiger partial charge in [-0.25, -0.2) is 4.79 Å². The summed E-state index contributed by atoms with van der Waals surface area (Å²) in [5.41, 5.74) is -1.29. The van der Waals surface area contributed by atoms with Crippen molar-refractivity contribution in [2.24, 2.45) is 0 Å². The van der Waals surface area contributed by atoms with E-state index >= 15 is 0 Å². The van der Waals surface area contributed by atoms with E-state index in [-0.39, 0.29) is 29.6 Å². The van der Waals surface area contributed by atoms with Gasteiger partial charge in [-0.05, 0) is 17.7 Å². The minimum atomic E-state index is -4.80. The van der Waals surface area contributed by atoms with Gasteiger partial charge in [-0.15, -0.1) is 0 Å². The third-order valence-corrected chi connectivity index (χ3v) is 2.99. The number of esters is 1. The Hall–Kier alpha value is -1.01. The van der Waals surface area contributed by atoms with Crippen LogP contribution >= 0.6 is 0 Å². The number of aliphatic hydroxyl groups excluding tert-OH is 1. The first kappa shape index (κ1) is 20.0. The number of carboxylic acids is 1. The molecule has 0 atom stereocenters. The second-order valence-electron chi connectivity index (χ2n) is 3.55. The van der Waals surface area contributed by atoms with Gasteiger partial charge in [0.1, 0.15) is 11.5 Å². The summed E-state index contributed by atoms with van der Waals surface area (Å²) < 4.78 is 35.4. The van der Waals surface area contributed by atoms with Crippen molar-refractivity contribution in [3.05, 3.63) is 29.3 Å². The molecule has 0 aliphatic carbocycles. The fourth-order valence-electron chi connectivity index (χ4n) is 1.27. The number of ether oxygens (including phenoxy) is 1. The van der Waals surface area contributed by atoms with E-state index in [4.69, 9.17) is 14.8 Å². The summed E-state index contributed by atoms with van der Waals surface area (Å²) in [6.45, 7) is -0.862. The third kappa shape index (κ3) is 5.71. The summed E-state index contributed by atoms with van der Waals surface area (Å²) in [5.74, 6) is -3.03. The van der Waals surface area contributed by atoms with Crippen LogP contribution in [0.25, 0.3) is 0 Å². The fraction of sp³-hybridized carbons (Fsp3) is 0.200. The van der Waals surface area contributed by atoms with Crippen molar-refractivity contribution in [1.29, 1.82) is 0 Å². The maximum atomic E-state index is 11.6. The SMILES string of the molecule is O=C([O-])c1ccc(S(=O)(=O)O)c(C(=O)OCC(O)O)c1.[Na+]. The molecule has 0 fully saturated rings. The van der Waals surface area contributed by atoms with Crippen molar-refractivity contribution in [2.45, 2.75) is 11.2 Å². The van der Waals surface area contributed by atoms with Crippen LogP contribution in [0.15, 0.2) is 23.1 Å². The van der Waals surface area contributed by atoms with Crippen LogP contribution < -0.4 is 34.7 Å². The Labute approximate surface area is 141 Å². The molecule has 0 unspecified atom stereocenters. The Morgan fingerprint density at radius 3 is 2.29 bits per heavy atom. The average molecular weight is 328 g/mol. The van der Waals surface area contributed by atoms with Crippen LogP contribution in [0.5, 0.6) is 0 Å². The molecule has 1 aromatic carbocycles. The molecule has 0 aliphatic heterocycles. The maximum absolute atomic E-state index is 11.6. The zero-order valence-corrected chi connectivity index (χ0v) is 13.5. The molecule has 1 rings (SSSR count). The second kappa shape index (κ2) is 7.84. The first-order chi connectivity index (χ1) is 9.12. The Bertz CT molecular complexity index is 638. The quantitative estimate of drug-likeness (QED) is 0.207. The van der Waals surface area contributed by atoms with Crippen LogP contribution in [0.4, 0.5) is 0 Å². The number of aromatic carboxylic acids is 1. The Morgan fingerprint density at radius 2 is 1.86 bits per heavy atom. The predicted octanol–water partition coefficient (Wildman–Crippen LogP) is -5.23. The summed E-state index contributed by atoms with van der Waals surface area (Å²) >= 11 is 0. The van der Waals surface area contributed by atoms with E-state index in [9.17, 15) is 23.1 Å². The molecule has 0 saturated heterocycles. The molecule has 0 aromatic heterocycles. The fourth-order valence-corrected chi connectivity index (χ4v) is 1.93. The topological polar surface area (TPSA) is 161 Å². The number of rotatable bonds is 5. The Balaban J connectivity index is 0.00000400. The van der Waals surface area contributed by atoms with Gasteiger partial charge in [0, 0.05) is 0 Å². The molecule has 0 bridgehead atoms. The van der Waals surface area contributed by atoms with Gasteiger partial charge in [-0.3, -0.25) is 4.55 Å². The normalized spacial score (nSPS) is 10.9. The molecule has 0 spiro atoms. The van der Waals surface area contributed by atoms with Gasteiger partial charge in [0.05, 0.1) is 11.5 Å². The summed E-state index contributed by atoms with van der Waals surface area (Å²) in [7, 11) is -4.80. The number of carbonyl (C=O) groups is 2. The molecule has 0 heterocycles. The number of aliphatic hydroxyl groups is 2. The smallest absolute Gasteiger partial charge is 0.545 e. The zero-order chi connectivity index (χ0) is 15.5. The van der Waals surface area contributed by atoms with Crippen molar-refractivity contribution in [3.8, 4) is 0 Å². The molecule has 9 nitrogen and oxygen atoms in total. The van der Waals surface area contributed by atoms with Gasteiger partial charge in [0.25, 0.3) is 10.1 Å². The van der Waals surface area contributed by atoms with Crippen LogP contribution in [0.3, 0.4) is 0 Å². The van der Waals surface area contributed by atoms with Crippen LogP contribution in [0.1, 0.15) is 20.7 Å². The van der Waals surface area contributed by atoms with Gasteiger partial charge in [0.15, 0.2) is 6.29 Å². The van der Waals surface area contributed by atoms with Crippen molar-refractivity contribution in [2.75, 3.05) is 6.61 Å². The molecule has 0 amide bonds. The molecule has 0 saturated carbocycles. The number of carbonyl (C=O) groups excluding carboxylic acids is 2. The standard InChI is InChI=1S/C10H10O9S.Na/c11-8(12)4-19-10(15)6-3-5(9(13)14)1-2-7(6)20(16,17)18;/h1-3,8,11-12H,4H2,(H,13,14)(H,16,17,18);/q;+1/p-1. The number of carboxylic acid groups (broad SMARTS) is 1. The first-order valence-electron chi connectivity index (χ1n) is 4.99. The second-order valence-corrected chi connectivity index (χ2v) is 4.94. The molecular formula is C10H9NaO9S. The average Bonchev–Trinajstić information content (AvgIpc) is 2.33. The van der Waals surface area contributed by atoms with Crippen molar-refractivity contribution >= 4 is 22.1 Å². The first-order valence-corrected chi connectivity index (χ1v) is 6.43. The molecule has 21 heavy (non-hydrogen) atoms. The Morgan fingerprint density at radius 1 is 1.29 bits per heavy atom. The summed E-state index contributed by atoms with van der Waals surface area (Å²) in [6, 6.07) is 2.13. The van der Waals surface area contributed by atoms with E-state index in [1.165, 1.54) is 0 Å². The third-order valence-electron chi connectivity index (χ3n) is 2.08. The molecule has 110 valence electrons. The molecular weight excluding hydrogens is 319 g/mol. The van der Waals surface area contributed by atoms with Crippen molar-refractivity contribution in [3.63, 3.8) is 0 Å². The van der Waals surface area contributed by atoms with Gasteiger partial charge in [0.2, 0.25) is 0 Å². The van der Waals surface area contributed by atoms with Crippen molar-refractivity contribution < 1.29 is 72.2 Å². The molecule has 0 aliphatic rings. The largest absolute Gasteiger partial charge is 1.00 e. The van der Waals surface area contributed by atoms with Crippen molar-refractivity contribution in [1.82, 2.24) is 0 Å². The monoisotopic (exact) mass is 328 g/mol. The summed E-state index contributed by atoms with van der Waals surface area (Å²) in [4.78, 5) is 21.3. The van der Waals surface area contributed by atoms with Crippen LogP contribution in [-0.2, 0) is 14.9 Å². The van der Waals surface area contributed by atoms with E-state index in [0.717, 1.165) is 6.07 Å². The molecule has 0 radical (unpaired) electrons. The number of hydrogen-bond donors (Lipinski definition) is 3. The predicted molar refractivity (Wildman–Crippen MR) is 59.1 cm³/mol. The molecule has 11 heteroatoms. The van der Waals surface area contributed by atoms with E-state index < -0.39 is 51.0 Å². The van der Waals surface area contributed by atoms with Gasteiger partial charge in [-0.1, -0.05) is 6.07 Å². The maximum Gasteiger partial charge on any atom is 1.00 e. The number of hydrogen-bond acceptors (Lipinski definition) is 8. The minimum Gasteiger partial charge on any atom is -0.545 e. The number of benzene rings is 1. The molecule has 1 aromatic rings. The van der Waals surface area contributed by atoms with E-state index in [2.05, 4.69) is 4.74 Å². The van der Waals surface area contributed by atoms with Gasteiger partial charge < -0.3 is 24.9 Å². The minimum absolute atomic E-state index is 0. The van der Waals surface area contributed by atoms with Crippen LogP contribution in [0, 0.1) is 0 Å². The van der Waals surface area contributed by atoms with Crippen LogP contribution in [-0.4, -0.2) is 48.0 Å². The summed E-state index contributed by atoms with van der Waals surface area (Å²) in [6.07, 6.45) is -1.99. The van der Waals surface area contributed by atoms with Crippen LogP contribution in [0.2, 0.25) is 0 Å². The summed E-state index contributed by atoms with van der Waals surface area (Å²) in [5, 5.41) is 27.7. The Kier molecular flexibility index (Phi) is 7.47. The molecule has 3 N–H and O–H groups in total. The van der Waals surface area contributed by atoms with E-state index in [1.807, 2.05) is 0 Å².